The quantitative estimate of drug-likeness (QED) is 0.615. The lowest BCUT2D eigenvalue weighted by molar-refractivity contribution is -0.386. The summed E-state index contributed by atoms with van der Waals surface area (Å²) in [6.07, 6.45) is 0. The normalized spacial score (nSPS) is 11.9. The Morgan fingerprint density at radius 1 is 1.38 bits per heavy atom. The summed E-state index contributed by atoms with van der Waals surface area (Å²) in [5.41, 5.74) is -0.233. The Kier molecular flexibility index (Phi) is 5.68. The Hall–Kier alpha value is -1.67. The van der Waals surface area contributed by atoms with Crippen LogP contribution in [0.4, 0.5) is 11.4 Å². The van der Waals surface area contributed by atoms with Gasteiger partial charge in [-0.3, -0.25) is 10.1 Å². The lowest BCUT2D eigenvalue weighted by atomic mass is 10.2. The maximum atomic E-state index is 12.7. The smallest absolute Gasteiger partial charge is 0.312 e. The van der Waals surface area contributed by atoms with Gasteiger partial charge in [0.05, 0.1) is 4.92 Å². The molecule has 0 aromatic heterocycles. The molecule has 1 aromatic rings. The fraction of sp³-hybridized carbons (Fsp3) is 0.538. The first-order valence-corrected chi connectivity index (χ1v) is 8.15. The molecule has 1 aromatic carbocycles. The Balaban J connectivity index is 3.47. The predicted molar refractivity (Wildman–Crippen MR) is 81.9 cm³/mol. The van der Waals surface area contributed by atoms with Crippen LogP contribution in [0.3, 0.4) is 0 Å². The van der Waals surface area contributed by atoms with Crippen LogP contribution < -0.4 is 5.32 Å². The molecule has 0 amide bonds. The molecular formula is C13H21N3O4S. The number of nitro benzene ring substituents is 1. The highest BCUT2D eigenvalue weighted by molar-refractivity contribution is 7.89. The minimum absolute atomic E-state index is 0.131. The van der Waals surface area contributed by atoms with E-state index >= 15 is 0 Å². The highest BCUT2D eigenvalue weighted by atomic mass is 32.2. The Bertz CT molecular complexity index is 614. The van der Waals surface area contributed by atoms with Crippen molar-refractivity contribution in [2.24, 2.45) is 5.92 Å². The Labute approximate surface area is 125 Å². The number of para-hydroxylation sites is 1. The van der Waals surface area contributed by atoms with Crippen LogP contribution in [0.1, 0.15) is 20.8 Å². The summed E-state index contributed by atoms with van der Waals surface area (Å²) < 4.78 is 26.6. The van der Waals surface area contributed by atoms with E-state index in [2.05, 4.69) is 5.32 Å². The zero-order valence-corrected chi connectivity index (χ0v) is 13.5. The molecule has 0 spiro atoms. The van der Waals surface area contributed by atoms with Gasteiger partial charge in [0.15, 0.2) is 4.90 Å². The fourth-order valence-corrected chi connectivity index (χ4v) is 3.86. The summed E-state index contributed by atoms with van der Waals surface area (Å²) in [5, 5.41) is 13.9. The number of benzene rings is 1. The van der Waals surface area contributed by atoms with Gasteiger partial charge in [-0.25, -0.2) is 8.42 Å². The molecule has 0 aliphatic carbocycles. The molecule has 1 rings (SSSR count). The first kappa shape index (κ1) is 17.4. The van der Waals surface area contributed by atoms with Gasteiger partial charge in [-0.15, -0.1) is 0 Å². The summed E-state index contributed by atoms with van der Waals surface area (Å²) in [5.74, 6) is 0.131. The van der Waals surface area contributed by atoms with Gasteiger partial charge < -0.3 is 5.32 Å². The first-order chi connectivity index (χ1) is 9.75. The van der Waals surface area contributed by atoms with E-state index in [-0.39, 0.29) is 23.0 Å². The number of hydrogen-bond donors (Lipinski definition) is 1. The highest BCUT2D eigenvalue weighted by Gasteiger charge is 2.33. The molecule has 118 valence electrons. The second-order valence-corrected chi connectivity index (χ2v) is 6.92. The first-order valence-electron chi connectivity index (χ1n) is 6.71. The number of nitrogens with one attached hydrogen (secondary N) is 1. The van der Waals surface area contributed by atoms with E-state index in [0.29, 0.717) is 6.54 Å². The van der Waals surface area contributed by atoms with Gasteiger partial charge in [-0.1, -0.05) is 26.8 Å². The number of hydrogen-bond acceptors (Lipinski definition) is 5. The van der Waals surface area contributed by atoms with Gasteiger partial charge >= 0.3 is 5.69 Å². The monoisotopic (exact) mass is 315 g/mol. The third-order valence-corrected chi connectivity index (χ3v) is 4.96. The van der Waals surface area contributed by atoms with Crippen LogP contribution in [0.15, 0.2) is 23.1 Å². The van der Waals surface area contributed by atoms with E-state index in [1.165, 1.54) is 29.6 Å². The largest absolute Gasteiger partial charge is 0.383 e. The van der Waals surface area contributed by atoms with Crippen molar-refractivity contribution >= 4 is 21.4 Å². The Morgan fingerprint density at radius 3 is 2.43 bits per heavy atom. The van der Waals surface area contributed by atoms with Crippen LogP contribution in [-0.4, -0.2) is 37.8 Å². The lowest BCUT2D eigenvalue weighted by Crippen LogP contribution is -2.34. The van der Waals surface area contributed by atoms with Gasteiger partial charge in [0.25, 0.3) is 0 Å². The van der Waals surface area contributed by atoms with E-state index in [9.17, 15) is 18.5 Å². The molecule has 7 nitrogen and oxygen atoms in total. The van der Waals surface area contributed by atoms with Crippen molar-refractivity contribution in [2.45, 2.75) is 25.7 Å². The third-order valence-electron chi connectivity index (χ3n) is 2.99. The Morgan fingerprint density at radius 2 is 2.00 bits per heavy atom. The zero-order valence-electron chi connectivity index (χ0n) is 12.7. The van der Waals surface area contributed by atoms with Crippen LogP contribution in [0.5, 0.6) is 0 Å². The van der Waals surface area contributed by atoms with Crippen LogP contribution in [0.2, 0.25) is 0 Å². The molecule has 0 saturated heterocycles. The number of sulfonamides is 1. The average Bonchev–Trinajstić information content (AvgIpc) is 2.43. The van der Waals surface area contributed by atoms with Crippen molar-refractivity contribution in [2.75, 3.05) is 25.5 Å². The maximum absolute atomic E-state index is 12.7. The second kappa shape index (κ2) is 6.86. The van der Waals surface area contributed by atoms with Crippen molar-refractivity contribution in [3.63, 3.8) is 0 Å². The minimum Gasteiger partial charge on any atom is -0.383 e. The van der Waals surface area contributed by atoms with Crippen molar-refractivity contribution in [1.29, 1.82) is 0 Å². The highest BCUT2D eigenvalue weighted by Crippen LogP contribution is 2.33. The molecule has 0 heterocycles. The summed E-state index contributed by atoms with van der Waals surface area (Å²) in [6, 6.07) is 4.25. The molecule has 0 radical (unpaired) electrons. The van der Waals surface area contributed by atoms with E-state index in [4.69, 9.17) is 0 Å². The van der Waals surface area contributed by atoms with E-state index < -0.39 is 20.6 Å². The minimum atomic E-state index is -3.90. The summed E-state index contributed by atoms with van der Waals surface area (Å²) in [4.78, 5) is 10.3. The standard InChI is InChI=1S/C13H21N3O4S/c1-5-15(9-10(2)3)21(19,20)12-8-6-7-11(14-4)13(12)16(17)18/h6-8,10,14H,5,9H2,1-4H3. The van der Waals surface area contributed by atoms with Crippen molar-refractivity contribution in [3.05, 3.63) is 28.3 Å². The van der Waals surface area contributed by atoms with Crippen molar-refractivity contribution in [1.82, 2.24) is 4.31 Å². The van der Waals surface area contributed by atoms with Crippen LogP contribution in [0, 0.1) is 16.0 Å². The molecule has 0 atom stereocenters. The van der Waals surface area contributed by atoms with E-state index in [1.807, 2.05) is 13.8 Å². The molecule has 0 unspecified atom stereocenters. The van der Waals surface area contributed by atoms with Gasteiger partial charge in [0.1, 0.15) is 5.69 Å². The number of rotatable bonds is 7. The van der Waals surface area contributed by atoms with Crippen LogP contribution in [0.25, 0.3) is 0 Å². The molecular weight excluding hydrogens is 294 g/mol. The average molecular weight is 315 g/mol. The number of anilines is 1. The van der Waals surface area contributed by atoms with E-state index in [0.717, 1.165) is 0 Å². The summed E-state index contributed by atoms with van der Waals surface area (Å²) in [6.45, 7) is 6.10. The summed E-state index contributed by atoms with van der Waals surface area (Å²) >= 11 is 0. The van der Waals surface area contributed by atoms with Crippen LogP contribution in [-0.2, 0) is 10.0 Å². The predicted octanol–water partition coefficient (Wildman–Crippen LogP) is 2.30. The molecule has 0 aliphatic heterocycles. The van der Waals surface area contributed by atoms with E-state index in [1.54, 1.807) is 6.92 Å². The number of nitrogens with zero attached hydrogens (tertiary/aromatic N) is 2. The molecule has 0 saturated carbocycles. The molecule has 0 aliphatic rings. The molecule has 0 bridgehead atoms. The second-order valence-electron chi connectivity index (χ2n) is 5.01. The fourth-order valence-electron chi connectivity index (χ4n) is 2.06. The van der Waals surface area contributed by atoms with Gasteiger partial charge in [-0.05, 0) is 18.1 Å². The third kappa shape index (κ3) is 3.70. The molecule has 21 heavy (non-hydrogen) atoms. The topological polar surface area (TPSA) is 92.6 Å². The van der Waals surface area contributed by atoms with Gasteiger partial charge in [0.2, 0.25) is 10.0 Å². The summed E-state index contributed by atoms with van der Waals surface area (Å²) in [7, 11) is -2.38. The van der Waals surface area contributed by atoms with Gasteiger partial charge in [0, 0.05) is 20.1 Å². The number of nitro groups is 1. The lowest BCUT2D eigenvalue weighted by Gasteiger charge is -2.22. The van der Waals surface area contributed by atoms with Crippen LogP contribution >= 0.6 is 0 Å². The molecule has 0 fully saturated rings. The van der Waals surface area contributed by atoms with Crippen molar-refractivity contribution < 1.29 is 13.3 Å². The molecule has 1 N–H and O–H groups in total. The zero-order chi connectivity index (χ0) is 16.2. The van der Waals surface area contributed by atoms with Gasteiger partial charge in [-0.2, -0.15) is 4.31 Å². The van der Waals surface area contributed by atoms with Crippen molar-refractivity contribution in [3.8, 4) is 0 Å². The maximum Gasteiger partial charge on any atom is 0.312 e. The SMILES string of the molecule is CCN(CC(C)C)S(=O)(=O)c1cccc(NC)c1[N+](=O)[O-]. The molecule has 8 heteroatoms.